The van der Waals surface area contributed by atoms with Crippen LogP contribution in [0.25, 0.3) is 11.1 Å². The van der Waals surface area contributed by atoms with Crippen molar-refractivity contribution in [2.75, 3.05) is 11.1 Å². The van der Waals surface area contributed by atoms with Gasteiger partial charge in [0.2, 0.25) is 0 Å². The highest BCUT2D eigenvalue weighted by molar-refractivity contribution is 7.91. The van der Waals surface area contributed by atoms with Gasteiger partial charge in [-0.05, 0) is 35.9 Å². The summed E-state index contributed by atoms with van der Waals surface area (Å²) in [6, 6.07) is 6.92. The molecule has 0 atom stereocenters. The van der Waals surface area contributed by atoms with Crippen LogP contribution in [0.1, 0.15) is 23.7 Å². The Hall–Kier alpha value is -3.48. The Bertz CT molecular complexity index is 1300. The lowest BCUT2D eigenvalue weighted by Gasteiger charge is -2.14. The van der Waals surface area contributed by atoms with E-state index in [0.717, 1.165) is 36.4 Å². The molecule has 2 N–H and O–H groups in total. The number of sulfone groups is 1. The number of amidine groups is 1. The number of anilines is 1. The molecule has 0 aliphatic carbocycles. The number of benzene rings is 1. The SMILES string of the molecule is CCS(=O)(=O)c1cc(-c2ccc(C(F)(F)F)cc2)cnc1C(=N)Nc1ccc(C(F)(F)F)cn1. The van der Waals surface area contributed by atoms with Gasteiger partial charge in [0.25, 0.3) is 0 Å². The van der Waals surface area contributed by atoms with E-state index in [-0.39, 0.29) is 33.3 Å². The molecule has 1 aromatic carbocycles. The predicted octanol–water partition coefficient (Wildman–Crippen LogP) is 5.41. The predicted molar refractivity (Wildman–Crippen MR) is 112 cm³/mol. The van der Waals surface area contributed by atoms with Crippen molar-refractivity contribution in [3.05, 3.63) is 71.7 Å². The second-order valence-electron chi connectivity index (χ2n) is 6.98. The molecule has 3 rings (SSSR count). The van der Waals surface area contributed by atoms with Gasteiger partial charge in [0, 0.05) is 18.0 Å². The Kier molecular flexibility index (Phi) is 6.69. The van der Waals surface area contributed by atoms with Crippen molar-refractivity contribution in [1.29, 1.82) is 5.41 Å². The molecule has 0 saturated heterocycles. The molecule has 0 fully saturated rings. The van der Waals surface area contributed by atoms with Gasteiger partial charge in [-0.1, -0.05) is 19.1 Å². The standard InChI is InChI=1S/C21H16F6N4O2S/c1-2-34(32,33)16-9-13(12-3-5-14(6-4-12)20(22,23)24)10-30-18(16)19(28)31-17-8-7-15(11-29-17)21(25,26)27/h3-11H,2H2,1H3,(H2,28,29,31). The second-order valence-corrected chi connectivity index (χ2v) is 9.23. The lowest BCUT2D eigenvalue weighted by Crippen LogP contribution is -2.20. The second kappa shape index (κ2) is 9.05. The topological polar surface area (TPSA) is 95.8 Å². The molecule has 0 aliphatic rings. The third kappa shape index (κ3) is 5.53. The van der Waals surface area contributed by atoms with Crippen LogP contribution in [0, 0.1) is 5.41 Å². The summed E-state index contributed by atoms with van der Waals surface area (Å²) in [7, 11) is -3.95. The minimum atomic E-state index is -4.60. The van der Waals surface area contributed by atoms with Crippen LogP contribution >= 0.6 is 0 Å². The van der Waals surface area contributed by atoms with Crippen LogP contribution in [0.5, 0.6) is 0 Å². The number of hydrogen-bond acceptors (Lipinski definition) is 5. The average molecular weight is 502 g/mol. The highest BCUT2D eigenvalue weighted by atomic mass is 32.2. The molecule has 2 aromatic heterocycles. The zero-order chi connectivity index (χ0) is 25.3. The molecule has 0 aliphatic heterocycles. The number of alkyl halides is 6. The van der Waals surface area contributed by atoms with Crippen molar-refractivity contribution < 1.29 is 34.8 Å². The summed E-state index contributed by atoms with van der Waals surface area (Å²) in [5.41, 5.74) is -1.73. The Morgan fingerprint density at radius 1 is 0.882 bits per heavy atom. The highest BCUT2D eigenvalue weighted by Gasteiger charge is 2.31. The average Bonchev–Trinajstić information content (AvgIpc) is 2.78. The van der Waals surface area contributed by atoms with E-state index in [0.29, 0.717) is 6.20 Å². The van der Waals surface area contributed by atoms with Crippen molar-refractivity contribution in [3.8, 4) is 11.1 Å². The number of aromatic nitrogens is 2. The molecule has 0 spiro atoms. The zero-order valence-corrected chi connectivity index (χ0v) is 18.1. The highest BCUT2D eigenvalue weighted by Crippen LogP contribution is 2.32. The lowest BCUT2D eigenvalue weighted by atomic mass is 10.0. The van der Waals surface area contributed by atoms with Gasteiger partial charge in [-0.3, -0.25) is 10.4 Å². The molecule has 34 heavy (non-hydrogen) atoms. The molecule has 0 radical (unpaired) electrons. The summed E-state index contributed by atoms with van der Waals surface area (Å²) in [5, 5.41) is 10.6. The first-order valence-electron chi connectivity index (χ1n) is 9.52. The van der Waals surface area contributed by atoms with Crippen molar-refractivity contribution in [2.24, 2.45) is 0 Å². The maximum absolute atomic E-state index is 12.8. The number of halogens is 6. The number of rotatable bonds is 5. The van der Waals surface area contributed by atoms with Gasteiger partial charge >= 0.3 is 12.4 Å². The van der Waals surface area contributed by atoms with E-state index in [9.17, 15) is 34.8 Å². The van der Waals surface area contributed by atoms with Crippen molar-refractivity contribution >= 4 is 21.5 Å². The van der Waals surface area contributed by atoms with Gasteiger partial charge in [-0.15, -0.1) is 0 Å². The summed E-state index contributed by atoms with van der Waals surface area (Å²) in [6.45, 7) is 1.36. The van der Waals surface area contributed by atoms with Crippen molar-refractivity contribution in [2.45, 2.75) is 24.2 Å². The Morgan fingerprint density at radius 3 is 1.97 bits per heavy atom. The van der Waals surface area contributed by atoms with E-state index in [4.69, 9.17) is 5.41 Å². The van der Waals surface area contributed by atoms with Gasteiger partial charge in [0.1, 0.15) is 11.5 Å². The summed E-state index contributed by atoms with van der Waals surface area (Å²) < 4.78 is 102. The maximum Gasteiger partial charge on any atom is 0.417 e. The molecule has 180 valence electrons. The number of nitrogens with one attached hydrogen (secondary N) is 2. The first-order valence-corrected chi connectivity index (χ1v) is 11.2. The Labute approximate surface area is 190 Å². The van der Waals surface area contributed by atoms with E-state index in [1.807, 2.05) is 0 Å². The zero-order valence-electron chi connectivity index (χ0n) is 17.3. The molecular weight excluding hydrogens is 486 g/mol. The van der Waals surface area contributed by atoms with Crippen molar-refractivity contribution in [3.63, 3.8) is 0 Å². The summed E-state index contributed by atoms with van der Waals surface area (Å²) in [6.07, 6.45) is -7.40. The minimum Gasteiger partial charge on any atom is -0.324 e. The fourth-order valence-electron chi connectivity index (χ4n) is 2.86. The summed E-state index contributed by atoms with van der Waals surface area (Å²) >= 11 is 0. The third-order valence-corrected chi connectivity index (χ3v) is 6.44. The van der Waals surface area contributed by atoms with Gasteiger partial charge in [-0.25, -0.2) is 13.4 Å². The monoisotopic (exact) mass is 502 g/mol. The third-order valence-electron chi connectivity index (χ3n) is 4.69. The van der Waals surface area contributed by atoms with E-state index < -0.39 is 39.2 Å². The molecule has 2 heterocycles. The van der Waals surface area contributed by atoms with E-state index in [1.54, 1.807) is 0 Å². The van der Waals surface area contributed by atoms with Crippen LogP contribution < -0.4 is 5.32 Å². The first kappa shape index (κ1) is 25.1. The number of nitrogens with zero attached hydrogens (tertiary/aromatic N) is 2. The molecule has 3 aromatic rings. The Balaban J connectivity index is 1.97. The van der Waals surface area contributed by atoms with Crippen molar-refractivity contribution in [1.82, 2.24) is 9.97 Å². The van der Waals surface area contributed by atoms with Crippen LogP contribution in [0.4, 0.5) is 32.2 Å². The minimum absolute atomic E-state index is 0.147. The summed E-state index contributed by atoms with van der Waals surface area (Å²) in [5.74, 6) is -1.05. The Morgan fingerprint density at radius 2 is 1.47 bits per heavy atom. The van der Waals surface area contributed by atoms with E-state index in [2.05, 4.69) is 15.3 Å². The van der Waals surface area contributed by atoms with Gasteiger partial charge < -0.3 is 5.32 Å². The molecule has 0 saturated carbocycles. The smallest absolute Gasteiger partial charge is 0.324 e. The molecule has 0 amide bonds. The molecular formula is C21H16F6N4O2S. The lowest BCUT2D eigenvalue weighted by molar-refractivity contribution is -0.138. The maximum atomic E-state index is 12.8. The van der Waals surface area contributed by atoms with Crippen LogP contribution in [0.3, 0.4) is 0 Å². The van der Waals surface area contributed by atoms with E-state index in [1.165, 1.54) is 19.2 Å². The summed E-state index contributed by atoms with van der Waals surface area (Å²) in [4.78, 5) is 7.21. The number of hydrogen-bond donors (Lipinski definition) is 2. The first-order chi connectivity index (χ1) is 15.7. The molecule has 0 unspecified atom stereocenters. The largest absolute Gasteiger partial charge is 0.417 e. The van der Waals surface area contributed by atoms with Gasteiger partial charge in [-0.2, -0.15) is 26.3 Å². The fraction of sp³-hybridized carbons (Fsp3) is 0.190. The molecule has 0 bridgehead atoms. The van der Waals surface area contributed by atoms with Crippen LogP contribution in [0.15, 0.2) is 59.8 Å². The van der Waals surface area contributed by atoms with Crippen LogP contribution in [-0.4, -0.2) is 30.0 Å². The van der Waals surface area contributed by atoms with Gasteiger partial charge in [0.05, 0.1) is 21.8 Å². The van der Waals surface area contributed by atoms with E-state index >= 15 is 0 Å². The molecule has 6 nitrogen and oxygen atoms in total. The van der Waals surface area contributed by atoms with Gasteiger partial charge in [0.15, 0.2) is 15.7 Å². The van der Waals surface area contributed by atoms with Crippen LogP contribution in [-0.2, 0) is 22.2 Å². The molecule has 13 heteroatoms. The quantitative estimate of drug-likeness (QED) is 0.276. The normalized spacial score (nSPS) is 12.4. The van der Waals surface area contributed by atoms with Crippen LogP contribution in [0.2, 0.25) is 0 Å². The number of pyridine rings is 2. The fourth-order valence-corrected chi connectivity index (χ4v) is 3.92.